The summed E-state index contributed by atoms with van der Waals surface area (Å²) in [5.41, 5.74) is 6.92. The summed E-state index contributed by atoms with van der Waals surface area (Å²) in [5.74, 6) is -0.308. The van der Waals surface area contributed by atoms with Crippen LogP contribution in [-0.4, -0.2) is 72.0 Å². The Morgan fingerprint density at radius 1 is 1.08 bits per heavy atom. The van der Waals surface area contributed by atoms with Crippen molar-refractivity contribution in [2.24, 2.45) is 0 Å². The Morgan fingerprint density at radius 3 is 2.65 bits per heavy atom. The molecule has 2 amide bonds. The van der Waals surface area contributed by atoms with E-state index in [1.54, 1.807) is 12.1 Å². The van der Waals surface area contributed by atoms with Crippen LogP contribution in [0, 0.1) is 24.1 Å². The summed E-state index contributed by atoms with van der Waals surface area (Å²) in [5, 5.41) is 10.6. The summed E-state index contributed by atoms with van der Waals surface area (Å²) in [6, 6.07) is 16.2. The summed E-state index contributed by atoms with van der Waals surface area (Å²) in [6.45, 7) is 5.55. The number of anilines is 1. The number of ether oxygens (including phenoxy) is 2. The van der Waals surface area contributed by atoms with Crippen molar-refractivity contribution in [2.45, 2.75) is 83.4 Å². The number of amides is 2. The van der Waals surface area contributed by atoms with E-state index >= 15 is 0 Å². The fourth-order valence-electron chi connectivity index (χ4n) is 8.24. The van der Waals surface area contributed by atoms with Crippen molar-refractivity contribution in [3.63, 3.8) is 0 Å². The molecule has 0 unspecified atom stereocenters. The summed E-state index contributed by atoms with van der Waals surface area (Å²) in [6.07, 6.45) is 4.60. The number of nitrogens with one attached hydrogen (secondary N) is 1. The SMILES string of the molecule is CC[C@H]1[C@@H]2[C@@H](OCCOCCC(=O)CCc3ccc(-c4[nH]c5cc(F)cc6c5c4CCCC6=O)cc3)CCN2C(=O)N1c1ccc(C#N)c(Cl)c1C. The van der Waals surface area contributed by atoms with E-state index < -0.39 is 5.82 Å². The lowest BCUT2D eigenvalue weighted by molar-refractivity contribution is -0.120. The van der Waals surface area contributed by atoms with Crippen LogP contribution in [0.4, 0.5) is 14.9 Å². The zero-order valence-corrected chi connectivity index (χ0v) is 30.2. The van der Waals surface area contributed by atoms with E-state index in [4.69, 9.17) is 21.1 Å². The summed E-state index contributed by atoms with van der Waals surface area (Å²) >= 11 is 6.45. The molecule has 2 fully saturated rings. The molecular weight excluding hydrogens is 683 g/mol. The molecule has 11 heteroatoms. The van der Waals surface area contributed by atoms with Crippen molar-refractivity contribution in [1.82, 2.24) is 9.88 Å². The van der Waals surface area contributed by atoms with Gasteiger partial charge in [0.2, 0.25) is 0 Å². The number of halogens is 2. The zero-order valence-electron chi connectivity index (χ0n) is 29.5. The number of carbonyl (C=O) groups is 3. The molecule has 3 atom stereocenters. The largest absolute Gasteiger partial charge is 0.379 e. The van der Waals surface area contributed by atoms with E-state index in [0.717, 1.165) is 59.1 Å². The van der Waals surface area contributed by atoms with E-state index in [-0.39, 0.29) is 35.8 Å². The molecule has 0 spiro atoms. The van der Waals surface area contributed by atoms with Crippen LogP contribution in [0.1, 0.15) is 78.1 Å². The van der Waals surface area contributed by atoms with Crippen LogP contribution in [0.15, 0.2) is 48.5 Å². The number of hydrogen-bond acceptors (Lipinski definition) is 6. The highest BCUT2D eigenvalue weighted by atomic mass is 35.5. The van der Waals surface area contributed by atoms with E-state index in [2.05, 4.69) is 18.0 Å². The lowest BCUT2D eigenvalue weighted by atomic mass is 9.98. The maximum Gasteiger partial charge on any atom is 0.325 e. The smallest absolute Gasteiger partial charge is 0.325 e. The Kier molecular flexibility index (Phi) is 10.5. The zero-order chi connectivity index (χ0) is 36.5. The van der Waals surface area contributed by atoms with Crippen molar-refractivity contribution < 1.29 is 28.2 Å². The molecule has 3 heterocycles. The Morgan fingerprint density at radius 2 is 1.88 bits per heavy atom. The number of aromatic amines is 1. The molecule has 3 aliphatic rings. The molecule has 3 aromatic carbocycles. The second-order valence-corrected chi connectivity index (χ2v) is 14.3. The molecule has 52 heavy (non-hydrogen) atoms. The number of aryl methyl sites for hydroxylation is 2. The number of Topliss-reactive ketones (excluding diaryl/α,β-unsaturated/α-hetero) is 2. The number of urea groups is 1. The van der Waals surface area contributed by atoms with Gasteiger partial charge in [-0.25, -0.2) is 9.18 Å². The Labute approximate surface area is 307 Å². The predicted octanol–water partition coefficient (Wildman–Crippen LogP) is 8.11. The van der Waals surface area contributed by atoms with Gasteiger partial charge in [-0.05, 0) is 85.5 Å². The van der Waals surface area contributed by atoms with Gasteiger partial charge in [0.15, 0.2) is 5.78 Å². The second-order valence-electron chi connectivity index (χ2n) is 13.9. The van der Waals surface area contributed by atoms with Crippen LogP contribution in [-0.2, 0) is 27.1 Å². The molecule has 1 aliphatic carbocycles. The number of carbonyl (C=O) groups excluding carboxylic acids is 3. The highest BCUT2D eigenvalue weighted by molar-refractivity contribution is 6.33. The van der Waals surface area contributed by atoms with Gasteiger partial charge in [-0.15, -0.1) is 0 Å². The first-order valence-electron chi connectivity index (χ1n) is 18.2. The number of hydrogen-bond donors (Lipinski definition) is 1. The molecule has 0 saturated carbocycles. The van der Waals surface area contributed by atoms with Gasteiger partial charge in [-0.2, -0.15) is 5.26 Å². The molecule has 0 radical (unpaired) electrons. The summed E-state index contributed by atoms with van der Waals surface area (Å²) in [4.78, 5) is 45.9. The van der Waals surface area contributed by atoms with Crippen molar-refractivity contribution in [2.75, 3.05) is 31.3 Å². The minimum atomic E-state index is -0.417. The van der Waals surface area contributed by atoms with Crippen LogP contribution in [0.3, 0.4) is 0 Å². The lowest BCUT2D eigenvalue weighted by Crippen LogP contribution is -2.42. The fraction of sp³-hybridized carbons (Fsp3) is 0.415. The van der Waals surface area contributed by atoms with Crippen LogP contribution < -0.4 is 4.90 Å². The lowest BCUT2D eigenvalue weighted by Gasteiger charge is -2.29. The standard InChI is InChI=1S/C41H42ClFN4O5/c1-3-33-40-36(15-17-46(40)41(50)47(33)34-14-12-27(23-44)38(42)24(34)2)52-20-19-51-18-16-29(48)13-9-25-7-10-26(11-8-25)39-30-5-4-6-35(49)31-21-28(43)22-32(45-39)37(30)31/h7-8,10-12,14,21-22,33,36,40,45H,3-6,9,13,15-20H2,1-2H3/t33-,36-,40+/m0/s1. The number of benzene rings is 3. The third-order valence-corrected chi connectivity index (χ3v) is 11.3. The number of aromatic nitrogens is 1. The van der Waals surface area contributed by atoms with Crippen molar-refractivity contribution >= 4 is 45.8 Å². The van der Waals surface area contributed by atoms with Gasteiger partial charge < -0.3 is 19.4 Å². The molecule has 2 aliphatic heterocycles. The van der Waals surface area contributed by atoms with E-state index in [1.807, 2.05) is 41.0 Å². The first-order valence-corrected chi connectivity index (χ1v) is 18.5. The molecule has 1 aromatic heterocycles. The molecule has 1 N–H and O–H groups in total. The second kappa shape index (κ2) is 15.2. The quantitative estimate of drug-likeness (QED) is 0.139. The molecule has 7 rings (SSSR count). The van der Waals surface area contributed by atoms with Crippen LogP contribution in [0.2, 0.25) is 5.02 Å². The summed E-state index contributed by atoms with van der Waals surface area (Å²) in [7, 11) is 0. The first kappa shape index (κ1) is 35.8. The highest BCUT2D eigenvalue weighted by Gasteiger charge is 2.53. The van der Waals surface area contributed by atoms with E-state index in [1.165, 1.54) is 12.1 Å². The molecular formula is C41H42ClFN4O5. The van der Waals surface area contributed by atoms with Gasteiger partial charge in [0.05, 0.1) is 54.3 Å². The predicted molar refractivity (Wildman–Crippen MR) is 197 cm³/mol. The average Bonchev–Trinajstić information content (AvgIpc) is 3.77. The molecule has 0 bridgehead atoms. The summed E-state index contributed by atoms with van der Waals surface area (Å²) < 4.78 is 26.3. The fourth-order valence-corrected chi connectivity index (χ4v) is 8.45. The monoisotopic (exact) mass is 724 g/mol. The van der Waals surface area contributed by atoms with E-state index in [9.17, 15) is 24.0 Å². The van der Waals surface area contributed by atoms with Gasteiger partial charge in [0, 0.05) is 48.0 Å². The minimum absolute atomic E-state index is 0.0168. The van der Waals surface area contributed by atoms with Gasteiger partial charge in [0.25, 0.3) is 0 Å². The maximum absolute atomic E-state index is 14.3. The molecule has 2 saturated heterocycles. The third-order valence-electron chi connectivity index (χ3n) is 10.8. The number of ketones is 2. The van der Waals surface area contributed by atoms with Gasteiger partial charge >= 0.3 is 6.03 Å². The molecule has 4 aromatic rings. The van der Waals surface area contributed by atoms with Crippen molar-refractivity contribution in [1.29, 1.82) is 5.26 Å². The number of H-pyrrole nitrogens is 1. The maximum atomic E-state index is 14.3. The average molecular weight is 725 g/mol. The number of nitriles is 1. The number of fused-ring (bicyclic) bond motifs is 1. The molecule has 270 valence electrons. The van der Waals surface area contributed by atoms with E-state index in [0.29, 0.717) is 79.3 Å². The van der Waals surface area contributed by atoms with Gasteiger partial charge in [-0.1, -0.05) is 42.8 Å². The Hall–Kier alpha value is -4.56. The van der Waals surface area contributed by atoms with Crippen LogP contribution >= 0.6 is 11.6 Å². The minimum Gasteiger partial charge on any atom is -0.379 e. The van der Waals surface area contributed by atoms with Crippen molar-refractivity contribution in [3.05, 3.63) is 87.2 Å². The third kappa shape index (κ3) is 6.73. The number of nitrogens with zero attached hydrogens (tertiary/aromatic N) is 3. The Bertz CT molecular complexity index is 2070. The Balaban J connectivity index is 0.861. The normalized spacial score (nSPS) is 19.7. The highest BCUT2D eigenvalue weighted by Crippen LogP contribution is 2.41. The number of rotatable bonds is 13. The van der Waals surface area contributed by atoms with Crippen LogP contribution in [0.25, 0.3) is 22.2 Å². The topological polar surface area (TPSA) is 116 Å². The van der Waals surface area contributed by atoms with Gasteiger partial charge in [-0.3, -0.25) is 14.5 Å². The molecule has 9 nitrogen and oxygen atoms in total. The van der Waals surface area contributed by atoms with Gasteiger partial charge in [0.1, 0.15) is 17.7 Å². The van der Waals surface area contributed by atoms with Crippen LogP contribution in [0.5, 0.6) is 0 Å². The first-order chi connectivity index (χ1) is 25.2. The van der Waals surface area contributed by atoms with Crippen molar-refractivity contribution in [3.8, 4) is 17.3 Å².